The van der Waals surface area contributed by atoms with Crippen LogP contribution < -0.4 is 21.3 Å². The zero-order valence-electron chi connectivity index (χ0n) is 32.8. The molecule has 13 heteroatoms. The Bertz CT molecular complexity index is 1280. The third-order valence-corrected chi connectivity index (χ3v) is 10.6. The highest BCUT2D eigenvalue weighted by Gasteiger charge is 2.45. The van der Waals surface area contributed by atoms with Crippen molar-refractivity contribution in [3.05, 3.63) is 12.7 Å². The number of urea groups is 1. The molecule has 0 aromatic rings. The highest BCUT2D eigenvalue weighted by Crippen LogP contribution is 2.33. The Morgan fingerprint density at radius 1 is 1.04 bits per heavy atom. The van der Waals surface area contributed by atoms with Crippen LogP contribution in [0.3, 0.4) is 0 Å². The fourth-order valence-electron chi connectivity index (χ4n) is 7.39. The molecule has 0 radical (unpaired) electrons. The molecule has 3 heterocycles. The van der Waals surface area contributed by atoms with Crippen LogP contribution in [0.25, 0.3) is 0 Å². The molecule has 0 spiro atoms. The molecule has 6 amide bonds. The first-order valence-electron chi connectivity index (χ1n) is 19.4. The molecule has 3 aliphatic rings. The van der Waals surface area contributed by atoms with E-state index in [1.54, 1.807) is 0 Å². The van der Waals surface area contributed by atoms with E-state index in [1.807, 2.05) is 25.7 Å². The van der Waals surface area contributed by atoms with E-state index in [4.69, 9.17) is 4.74 Å². The van der Waals surface area contributed by atoms with Crippen molar-refractivity contribution in [3.63, 3.8) is 0 Å². The molecule has 0 bridgehead atoms. The molecule has 52 heavy (non-hydrogen) atoms. The number of ketones is 1. The first-order chi connectivity index (χ1) is 24.4. The molecule has 3 fully saturated rings. The van der Waals surface area contributed by atoms with E-state index in [0.717, 1.165) is 32.1 Å². The number of Topliss-reactive ketones (excluding diaryl/α,β-unsaturated/α-hetero) is 1. The first kappa shape index (κ1) is 42.9. The maximum Gasteiger partial charge on any atom is 0.315 e. The van der Waals surface area contributed by atoms with E-state index in [-0.39, 0.29) is 36.3 Å². The van der Waals surface area contributed by atoms with Gasteiger partial charge in [0, 0.05) is 39.2 Å². The van der Waals surface area contributed by atoms with E-state index >= 15 is 0 Å². The topological polar surface area (TPSA) is 166 Å². The number of fused-ring (bicyclic) bond motifs is 1. The summed E-state index contributed by atoms with van der Waals surface area (Å²) in [5, 5.41) is 11.3. The minimum Gasteiger partial charge on any atom is -0.379 e. The molecule has 0 aromatic heterocycles. The molecule has 3 rings (SSSR count). The SMILES string of the molecule is C=CCNC(=O)C(=O)[C@@H]1CCCCCCCOC[C@H](NC(=O)N[C@H](CN2CCC(C)(C)CC2=O)C(C)(C)C)C(=O)N2CC[C@H](CC(C)C)[C@H]2C(=O)N1. The number of carbonyl (C=O) groups is 6. The number of hydrogen-bond acceptors (Lipinski definition) is 7. The number of likely N-dealkylation sites (tertiary alicyclic amines) is 1. The molecule has 3 aliphatic heterocycles. The second-order valence-corrected chi connectivity index (χ2v) is 17.2. The summed E-state index contributed by atoms with van der Waals surface area (Å²) in [7, 11) is 0. The van der Waals surface area contributed by atoms with Crippen molar-refractivity contribution in [2.24, 2.45) is 22.7 Å². The van der Waals surface area contributed by atoms with Crippen molar-refractivity contribution in [3.8, 4) is 0 Å². The Morgan fingerprint density at radius 2 is 1.73 bits per heavy atom. The van der Waals surface area contributed by atoms with E-state index in [0.29, 0.717) is 58.3 Å². The number of nitrogens with one attached hydrogen (secondary N) is 4. The predicted octanol–water partition coefficient (Wildman–Crippen LogP) is 3.71. The van der Waals surface area contributed by atoms with Gasteiger partial charge >= 0.3 is 6.03 Å². The standard InChI is InChI=1S/C39H66N6O7/c1-9-18-40-35(49)33(47)28-15-13-11-10-12-14-21-52-25-29(36(50)45-19-16-27(22-26(2)3)32(45)34(48)41-28)42-37(51)43-30(38(4,5)6)24-44-20-17-39(7,8)23-31(44)46/h9,26-30,32H,1,10-25H2,2-8H3,(H,40,49)(H,41,48)(H2,42,43,51)/t27-,28+,29+,30-,32+/m1/s1. The Labute approximate surface area is 311 Å². The van der Waals surface area contributed by atoms with Gasteiger partial charge in [0.2, 0.25) is 23.5 Å². The zero-order chi connectivity index (χ0) is 38.6. The third-order valence-electron chi connectivity index (χ3n) is 10.6. The highest BCUT2D eigenvalue weighted by molar-refractivity contribution is 6.38. The monoisotopic (exact) mass is 730 g/mol. The summed E-state index contributed by atoms with van der Waals surface area (Å²) in [5.74, 6) is -2.31. The van der Waals surface area contributed by atoms with Gasteiger partial charge in [-0.1, -0.05) is 80.2 Å². The predicted molar refractivity (Wildman–Crippen MR) is 200 cm³/mol. The lowest BCUT2D eigenvalue weighted by Gasteiger charge is -2.41. The van der Waals surface area contributed by atoms with Crippen molar-refractivity contribution in [1.29, 1.82) is 0 Å². The van der Waals surface area contributed by atoms with Gasteiger partial charge in [0.25, 0.3) is 5.91 Å². The van der Waals surface area contributed by atoms with Gasteiger partial charge in [0.05, 0.1) is 18.7 Å². The second-order valence-electron chi connectivity index (χ2n) is 17.2. The van der Waals surface area contributed by atoms with Crippen LogP contribution in [-0.4, -0.2) is 109 Å². The van der Waals surface area contributed by atoms with Crippen LogP contribution >= 0.6 is 0 Å². The van der Waals surface area contributed by atoms with Crippen molar-refractivity contribution < 1.29 is 33.5 Å². The number of nitrogens with zero attached hydrogens (tertiary/aromatic N) is 2. The smallest absolute Gasteiger partial charge is 0.315 e. The Hall–Kier alpha value is -3.48. The highest BCUT2D eigenvalue weighted by atomic mass is 16.5. The van der Waals surface area contributed by atoms with Crippen LogP contribution in [0, 0.1) is 22.7 Å². The molecule has 5 atom stereocenters. The summed E-state index contributed by atoms with van der Waals surface area (Å²) < 4.78 is 5.98. The molecular weight excluding hydrogens is 664 g/mol. The summed E-state index contributed by atoms with van der Waals surface area (Å²) in [5.41, 5.74) is -0.459. The fourth-order valence-corrected chi connectivity index (χ4v) is 7.39. The number of rotatable bonds is 10. The van der Waals surface area contributed by atoms with Crippen LogP contribution in [0.4, 0.5) is 4.79 Å². The van der Waals surface area contributed by atoms with Gasteiger partial charge in [-0.25, -0.2) is 4.79 Å². The summed E-state index contributed by atoms with van der Waals surface area (Å²) in [4.78, 5) is 84.6. The summed E-state index contributed by atoms with van der Waals surface area (Å²) in [6, 6.07) is -3.97. The quantitative estimate of drug-likeness (QED) is 0.197. The van der Waals surface area contributed by atoms with Crippen LogP contribution in [0.5, 0.6) is 0 Å². The summed E-state index contributed by atoms with van der Waals surface area (Å²) in [6.07, 6.45) is 8.32. The van der Waals surface area contributed by atoms with Crippen LogP contribution in [0.15, 0.2) is 12.7 Å². The lowest BCUT2D eigenvalue weighted by molar-refractivity contribution is -0.144. The van der Waals surface area contributed by atoms with Gasteiger partial charge in [-0.05, 0) is 54.8 Å². The van der Waals surface area contributed by atoms with Gasteiger partial charge in [0.1, 0.15) is 12.1 Å². The molecule has 13 nitrogen and oxygen atoms in total. The van der Waals surface area contributed by atoms with E-state index in [9.17, 15) is 28.8 Å². The molecular formula is C39H66N6O7. The zero-order valence-corrected chi connectivity index (χ0v) is 32.8. The fraction of sp³-hybridized carbons (Fsp3) is 0.795. The molecule has 294 valence electrons. The van der Waals surface area contributed by atoms with Crippen molar-refractivity contribution in [1.82, 2.24) is 31.1 Å². The number of piperidine rings is 1. The number of carbonyl (C=O) groups excluding carboxylic acids is 6. The molecule has 0 aromatic carbocycles. The maximum absolute atomic E-state index is 14.4. The number of amides is 6. The van der Waals surface area contributed by atoms with Crippen molar-refractivity contribution in [2.45, 2.75) is 137 Å². The van der Waals surface area contributed by atoms with Gasteiger partial charge in [-0.15, -0.1) is 6.58 Å². The molecule has 0 saturated carbocycles. The summed E-state index contributed by atoms with van der Waals surface area (Å²) >= 11 is 0. The van der Waals surface area contributed by atoms with Crippen LogP contribution in [-0.2, 0) is 28.7 Å². The maximum atomic E-state index is 14.4. The lowest BCUT2D eigenvalue weighted by Crippen LogP contribution is -2.61. The van der Waals surface area contributed by atoms with Crippen LogP contribution in [0.2, 0.25) is 0 Å². The summed E-state index contributed by atoms with van der Waals surface area (Å²) in [6.45, 7) is 19.6. The second kappa shape index (κ2) is 19.6. The molecule has 3 saturated heterocycles. The van der Waals surface area contributed by atoms with Gasteiger partial charge in [-0.3, -0.25) is 24.0 Å². The number of ether oxygens (including phenoxy) is 1. The van der Waals surface area contributed by atoms with E-state index < -0.39 is 59.1 Å². The Morgan fingerprint density at radius 3 is 2.38 bits per heavy atom. The van der Waals surface area contributed by atoms with Gasteiger partial charge in [-0.2, -0.15) is 0 Å². The average Bonchev–Trinajstić information content (AvgIpc) is 3.47. The molecule has 0 aliphatic carbocycles. The third kappa shape index (κ3) is 12.9. The first-order valence-corrected chi connectivity index (χ1v) is 19.4. The van der Waals surface area contributed by atoms with E-state index in [1.165, 1.54) is 11.0 Å². The average molecular weight is 731 g/mol. The van der Waals surface area contributed by atoms with Crippen molar-refractivity contribution in [2.75, 3.05) is 39.4 Å². The normalized spacial score (nSPS) is 25.9. The number of hydrogen-bond donors (Lipinski definition) is 4. The molecule has 4 N–H and O–H groups in total. The van der Waals surface area contributed by atoms with Gasteiger partial charge in [0.15, 0.2) is 0 Å². The minimum atomic E-state index is -1.08. The Kier molecular flexibility index (Phi) is 16.1. The largest absolute Gasteiger partial charge is 0.379 e. The minimum absolute atomic E-state index is 0.0597. The van der Waals surface area contributed by atoms with Gasteiger partial charge < -0.3 is 35.8 Å². The Balaban J connectivity index is 1.86. The lowest BCUT2D eigenvalue weighted by atomic mass is 9.81. The van der Waals surface area contributed by atoms with Crippen molar-refractivity contribution >= 4 is 35.4 Å². The molecule has 0 unspecified atom stereocenters. The van der Waals surface area contributed by atoms with E-state index in [2.05, 4.69) is 55.5 Å². The van der Waals surface area contributed by atoms with Crippen LogP contribution in [0.1, 0.15) is 113 Å².